The van der Waals surface area contributed by atoms with Crippen LogP contribution in [0.4, 0.5) is 4.39 Å². The number of para-hydroxylation sites is 2. The van der Waals surface area contributed by atoms with Crippen LogP contribution < -0.4 is 10.5 Å². The molecule has 0 aliphatic heterocycles. The number of aromatic nitrogens is 1. The van der Waals surface area contributed by atoms with E-state index in [4.69, 9.17) is 10.5 Å². The molecule has 0 aliphatic carbocycles. The summed E-state index contributed by atoms with van der Waals surface area (Å²) >= 11 is 0. The molecule has 3 aromatic carbocycles. The largest absolute Gasteiger partial charge is 0.437 e. The Morgan fingerprint density at radius 2 is 1.54 bits per heavy atom. The van der Waals surface area contributed by atoms with E-state index in [1.165, 1.54) is 6.07 Å². The third-order valence-corrected chi connectivity index (χ3v) is 4.13. The van der Waals surface area contributed by atoms with Gasteiger partial charge < -0.3 is 10.5 Å². The highest BCUT2D eigenvalue weighted by atomic mass is 19.1. The van der Waals surface area contributed by atoms with Crippen molar-refractivity contribution < 1.29 is 13.9 Å². The minimum atomic E-state index is -0.689. The van der Waals surface area contributed by atoms with Crippen molar-refractivity contribution in [1.29, 1.82) is 0 Å². The smallest absolute Gasteiger partial charge is 0.249 e. The highest BCUT2D eigenvalue weighted by Gasteiger charge is 2.24. The predicted molar refractivity (Wildman–Crippen MR) is 98.3 cm³/mol. The third-order valence-electron chi connectivity index (χ3n) is 4.13. The van der Waals surface area contributed by atoms with Crippen molar-refractivity contribution in [3.05, 3.63) is 90.2 Å². The summed E-state index contributed by atoms with van der Waals surface area (Å²) in [5, 5.41) is 0.148. The number of ether oxygens (including phenoxy) is 1. The molecule has 128 valence electrons. The quantitative estimate of drug-likeness (QED) is 0.584. The lowest BCUT2D eigenvalue weighted by Gasteiger charge is -2.11. The normalized spacial score (nSPS) is 10.8. The summed E-state index contributed by atoms with van der Waals surface area (Å²) in [6.45, 7) is 0. The molecule has 0 spiro atoms. The molecule has 0 bridgehead atoms. The maximum absolute atomic E-state index is 15.3. The highest BCUT2D eigenvalue weighted by molar-refractivity contribution is 6.07. The van der Waals surface area contributed by atoms with Crippen LogP contribution in [-0.2, 0) is 0 Å². The first-order valence-electron chi connectivity index (χ1n) is 8.08. The van der Waals surface area contributed by atoms with E-state index in [9.17, 15) is 4.79 Å². The van der Waals surface area contributed by atoms with Gasteiger partial charge in [0.2, 0.25) is 11.8 Å². The fraction of sp³-hybridized carbons (Fsp3) is 0. The van der Waals surface area contributed by atoms with Crippen molar-refractivity contribution in [2.75, 3.05) is 0 Å². The standard InChI is InChI=1S/C21H15FN2O2/c22-19-18-16(20(23)25)12-7-13-17(18)24(14-8-3-1-4-9-14)21(19)26-15-10-5-2-6-11-15/h1-13H,(H2,23,25). The molecule has 0 unspecified atom stereocenters. The van der Waals surface area contributed by atoms with Gasteiger partial charge >= 0.3 is 0 Å². The predicted octanol–water partition coefficient (Wildman–Crippen LogP) is 4.66. The van der Waals surface area contributed by atoms with Crippen LogP contribution >= 0.6 is 0 Å². The number of nitrogens with zero attached hydrogens (tertiary/aromatic N) is 1. The first-order valence-corrected chi connectivity index (χ1v) is 8.08. The van der Waals surface area contributed by atoms with Crippen LogP contribution in [0, 0.1) is 5.82 Å². The Morgan fingerprint density at radius 1 is 0.885 bits per heavy atom. The van der Waals surface area contributed by atoms with Crippen molar-refractivity contribution in [3.8, 4) is 17.3 Å². The average molecular weight is 346 g/mol. The highest BCUT2D eigenvalue weighted by Crippen LogP contribution is 2.37. The molecule has 2 N–H and O–H groups in total. The first-order chi connectivity index (χ1) is 12.7. The Labute approximate surface area is 149 Å². The van der Waals surface area contributed by atoms with Gasteiger partial charge in [0, 0.05) is 5.69 Å². The SMILES string of the molecule is NC(=O)c1cccc2c1c(F)c(Oc1ccccc1)n2-c1ccccc1. The van der Waals surface area contributed by atoms with Gasteiger partial charge in [0.05, 0.1) is 16.5 Å². The minimum Gasteiger partial charge on any atom is -0.437 e. The summed E-state index contributed by atoms with van der Waals surface area (Å²) in [7, 11) is 0. The van der Waals surface area contributed by atoms with Crippen molar-refractivity contribution in [1.82, 2.24) is 4.57 Å². The van der Waals surface area contributed by atoms with Gasteiger partial charge in [-0.15, -0.1) is 0 Å². The lowest BCUT2D eigenvalue weighted by Crippen LogP contribution is -2.11. The lowest BCUT2D eigenvalue weighted by molar-refractivity contribution is 0.100. The van der Waals surface area contributed by atoms with E-state index in [0.29, 0.717) is 17.0 Å². The second-order valence-electron chi connectivity index (χ2n) is 5.77. The Hall–Kier alpha value is -3.60. The fourth-order valence-electron chi connectivity index (χ4n) is 3.00. The number of carbonyl (C=O) groups excluding carboxylic acids is 1. The molecule has 1 aromatic heterocycles. The number of hydrogen-bond acceptors (Lipinski definition) is 2. The van der Waals surface area contributed by atoms with Crippen LogP contribution in [0.25, 0.3) is 16.6 Å². The van der Waals surface area contributed by atoms with E-state index in [1.54, 1.807) is 41.0 Å². The first kappa shape index (κ1) is 15.9. The second kappa shape index (κ2) is 6.37. The molecule has 0 radical (unpaired) electrons. The summed E-state index contributed by atoms with van der Waals surface area (Å²) in [5.41, 5.74) is 6.79. The number of amides is 1. The van der Waals surface area contributed by atoms with Gasteiger partial charge in [0.1, 0.15) is 5.75 Å². The third kappa shape index (κ3) is 2.59. The lowest BCUT2D eigenvalue weighted by atomic mass is 10.1. The van der Waals surface area contributed by atoms with Crippen molar-refractivity contribution in [3.63, 3.8) is 0 Å². The van der Waals surface area contributed by atoms with Crippen LogP contribution in [0.5, 0.6) is 11.6 Å². The molecule has 1 amide bonds. The number of benzene rings is 3. The topological polar surface area (TPSA) is 57.3 Å². The number of halogens is 1. The zero-order valence-electron chi connectivity index (χ0n) is 13.7. The summed E-state index contributed by atoms with van der Waals surface area (Å²) in [6.07, 6.45) is 0. The number of rotatable bonds is 4. The zero-order chi connectivity index (χ0) is 18.1. The van der Waals surface area contributed by atoms with Gasteiger partial charge in [0.25, 0.3) is 0 Å². The molecule has 0 fully saturated rings. The van der Waals surface area contributed by atoms with Gasteiger partial charge in [-0.2, -0.15) is 0 Å². The van der Waals surface area contributed by atoms with Crippen LogP contribution in [0.2, 0.25) is 0 Å². The molecule has 4 rings (SSSR count). The molecule has 26 heavy (non-hydrogen) atoms. The van der Waals surface area contributed by atoms with Gasteiger partial charge in [-0.3, -0.25) is 9.36 Å². The molecule has 0 saturated heterocycles. The second-order valence-corrected chi connectivity index (χ2v) is 5.77. The Kier molecular flexibility index (Phi) is 3.89. The average Bonchev–Trinajstić information content (AvgIpc) is 2.95. The minimum absolute atomic E-state index is 0.00565. The van der Waals surface area contributed by atoms with Crippen molar-refractivity contribution in [2.45, 2.75) is 0 Å². The number of primary amides is 1. The number of fused-ring (bicyclic) bond motifs is 1. The molecule has 0 saturated carbocycles. The molecule has 5 heteroatoms. The maximum atomic E-state index is 15.3. The van der Waals surface area contributed by atoms with Crippen LogP contribution in [0.3, 0.4) is 0 Å². The Bertz CT molecular complexity index is 1090. The van der Waals surface area contributed by atoms with E-state index in [1.807, 2.05) is 36.4 Å². The van der Waals surface area contributed by atoms with Crippen LogP contribution in [0.1, 0.15) is 10.4 Å². The Balaban J connectivity index is 2.04. The Morgan fingerprint density at radius 3 is 2.19 bits per heavy atom. The monoisotopic (exact) mass is 346 g/mol. The number of nitrogens with two attached hydrogens (primary N) is 1. The van der Waals surface area contributed by atoms with Gasteiger partial charge in [-0.05, 0) is 36.4 Å². The van der Waals surface area contributed by atoms with Gasteiger partial charge in [-0.1, -0.05) is 42.5 Å². The van der Waals surface area contributed by atoms with E-state index < -0.39 is 11.7 Å². The van der Waals surface area contributed by atoms with Gasteiger partial charge in [0.15, 0.2) is 5.82 Å². The summed E-state index contributed by atoms with van der Waals surface area (Å²) in [6, 6.07) is 23.1. The molecule has 0 atom stereocenters. The number of hydrogen-bond donors (Lipinski definition) is 1. The van der Waals surface area contributed by atoms with Crippen molar-refractivity contribution in [2.24, 2.45) is 5.73 Å². The fourth-order valence-corrected chi connectivity index (χ4v) is 3.00. The van der Waals surface area contributed by atoms with Crippen LogP contribution in [-0.4, -0.2) is 10.5 Å². The van der Waals surface area contributed by atoms with E-state index in [0.717, 1.165) is 0 Å². The van der Waals surface area contributed by atoms with E-state index in [2.05, 4.69) is 0 Å². The zero-order valence-corrected chi connectivity index (χ0v) is 13.7. The molecule has 0 aliphatic rings. The molecular weight excluding hydrogens is 331 g/mol. The summed E-state index contributed by atoms with van der Waals surface area (Å²) in [4.78, 5) is 11.8. The number of carbonyl (C=O) groups is 1. The maximum Gasteiger partial charge on any atom is 0.249 e. The van der Waals surface area contributed by atoms with E-state index >= 15 is 4.39 Å². The molecule has 1 heterocycles. The van der Waals surface area contributed by atoms with E-state index in [-0.39, 0.29) is 16.8 Å². The molecule has 4 aromatic rings. The molecular formula is C21H15FN2O2. The summed E-state index contributed by atoms with van der Waals surface area (Å²) in [5.74, 6) is -0.814. The van der Waals surface area contributed by atoms with Crippen molar-refractivity contribution >= 4 is 16.8 Å². The van der Waals surface area contributed by atoms with Gasteiger partial charge in [-0.25, -0.2) is 4.39 Å². The molecule has 4 nitrogen and oxygen atoms in total. The van der Waals surface area contributed by atoms with Crippen LogP contribution in [0.15, 0.2) is 78.9 Å². The summed E-state index contributed by atoms with van der Waals surface area (Å²) < 4.78 is 22.8.